The fourth-order valence-corrected chi connectivity index (χ4v) is 3.53. The molecule has 0 radical (unpaired) electrons. The number of nitrogens with zero attached hydrogens (tertiary/aromatic N) is 2. The van der Waals surface area contributed by atoms with Crippen LogP contribution in [0.25, 0.3) is 0 Å². The van der Waals surface area contributed by atoms with Crippen LogP contribution < -0.4 is 10.6 Å². The Morgan fingerprint density at radius 2 is 2.19 bits per heavy atom. The summed E-state index contributed by atoms with van der Waals surface area (Å²) in [5.74, 6) is 1.13. The molecule has 0 unspecified atom stereocenters. The molecule has 2 aliphatic rings. The Balaban J connectivity index is 2.13. The number of fused-ring (bicyclic) bond motifs is 1. The summed E-state index contributed by atoms with van der Waals surface area (Å²) in [6.07, 6.45) is 5.28. The number of aliphatic imine (C=N–C) groups is 1. The maximum Gasteiger partial charge on any atom is 0.266 e. The number of carbonyl (C=O) groups excluding carboxylic acids is 2. The van der Waals surface area contributed by atoms with E-state index < -0.39 is 22.7 Å². The normalized spacial score (nSPS) is 27.5. The quantitative estimate of drug-likeness (QED) is 0.738. The van der Waals surface area contributed by atoms with E-state index in [0.29, 0.717) is 11.3 Å². The first-order valence-corrected chi connectivity index (χ1v) is 7.00. The first kappa shape index (κ1) is 13.7. The third-order valence-corrected chi connectivity index (χ3v) is 4.60. The Labute approximate surface area is 125 Å². The number of benzene rings is 1. The lowest BCUT2D eigenvalue weighted by atomic mass is 9.91. The smallest absolute Gasteiger partial charge is 0.266 e. The third-order valence-electron chi connectivity index (χ3n) is 3.49. The van der Waals surface area contributed by atoms with Gasteiger partial charge in [-0.05, 0) is 6.07 Å². The van der Waals surface area contributed by atoms with Crippen molar-refractivity contribution in [3.63, 3.8) is 0 Å². The van der Waals surface area contributed by atoms with Crippen LogP contribution in [0.2, 0.25) is 0 Å². The van der Waals surface area contributed by atoms with Crippen molar-refractivity contribution in [3.05, 3.63) is 29.8 Å². The van der Waals surface area contributed by atoms with E-state index >= 15 is 0 Å². The largest absolute Gasteiger partial charge is 0.378 e. The molecule has 3 N–H and O–H groups in total. The number of amidine groups is 1. The van der Waals surface area contributed by atoms with Gasteiger partial charge in [0.25, 0.3) is 11.8 Å². The van der Waals surface area contributed by atoms with Gasteiger partial charge in [0, 0.05) is 5.56 Å². The monoisotopic (exact) mass is 301 g/mol. The number of terminal acetylenes is 1. The maximum atomic E-state index is 12.6. The van der Waals surface area contributed by atoms with Crippen LogP contribution in [0.1, 0.15) is 5.56 Å². The minimum atomic E-state index is -2.00. The van der Waals surface area contributed by atoms with Gasteiger partial charge in [-0.2, -0.15) is 4.99 Å². The van der Waals surface area contributed by atoms with E-state index in [1.807, 2.05) is 0 Å². The molecule has 0 aliphatic carbocycles. The van der Waals surface area contributed by atoms with Crippen LogP contribution in [0.4, 0.5) is 5.69 Å². The van der Waals surface area contributed by atoms with Crippen molar-refractivity contribution in [3.8, 4) is 12.3 Å². The molecule has 106 valence electrons. The summed E-state index contributed by atoms with van der Waals surface area (Å²) in [6.45, 7) is 0.0140. The fourth-order valence-electron chi connectivity index (χ4n) is 2.59. The average Bonchev–Trinajstić information content (AvgIpc) is 2.91. The second-order valence-corrected chi connectivity index (χ2v) is 5.79. The van der Waals surface area contributed by atoms with Gasteiger partial charge in [0.2, 0.25) is 0 Å². The number of para-hydroxylation sites is 1. The molecule has 6 nitrogen and oxygen atoms in total. The van der Waals surface area contributed by atoms with Crippen LogP contribution in [0, 0.1) is 12.3 Å². The lowest BCUT2D eigenvalue weighted by molar-refractivity contribution is -0.140. The van der Waals surface area contributed by atoms with E-state index in [9.17, 15) is 14.7 Å². The molecule has 1 aromatic rings. The molecule has 21 heavy (non-hydrogen) atoms. The number of hydrogen-bond donors (Lipinski definition) is 2. The van der Waals surface area contributed by atoms with Crippen molar-refractivity contribution in [2.24, 2.45) is 10.7 Å². The van der Waals surface area contributed by atoms with Crippen molar-refractivity contribution < 1.29 is 14.7 Å². The minimum Gasteiger partial charge on any atom is -0.378 e. The lowest BCUT2D eigenvalue weighted by Gasteiger charge is -2.26. The van der Waals surface area contributed by atoms with E-state index in [4.69, 9.17) is 12.2 Å². The van der Waals surface area contributed by atoms with Gasteiger partial charge >= 0.3 is 0 Å². The molecule has 2 aliphatic heterocycles. The summed E-state index contributed by atoms with van der Waals surface area (Å²) in [6, 6.07) is 6.70. The Kier molecular flexibility index (Phi) is 3.01. The Hall–Kier alpha value is -2.30. The number of anilines is 1. The van der Waals surface area contributed by atoms with Gasteiger partial charge in [0.1, 0.15) is 5.25 Å². The molecule has 0 spiro atoms. The lowest BCUT2D eigenvalue weighted by Crippen LogP contribution is -2.49. The minimum absolute atomic E-state index is 0.0140. The summed E-state index contributed by atoms with van der Waals surface area (Å²) >= 11 is 0.886. The van der Waals surface area contributed by atoms with Crippen LogP contribution in [-0.2, 0) is 15.2 Å². The summed E-state index contributed by atoms with van der Waals surface area (Å²) < 4.78 is 0. The van der Waals surface area contributed by atoms with Crippen LogP contribution in [0.3, 0.4) is 0 Å². The summed E-state index contributed by atoms with van der Waals surface area (Å²) in [4.78, 5) is 29.4. The number of hydrogen-bond acceptors (Lipinski definition) is 5. The molecule has 0 fully saturated rings. The number of aliphatic hydroxyl groups is 1. The van der Waals surface area contributed by atoms with Crippen LogP contribution >= 0.6 is 11.8 Å². The SMILES string of the molecule is C#CCN1C(=O)[C@](O)([C@@H]2SC(N)=NC2=O)c2ccccc21. The van der Waals surface area contributed by atoms with Crippen molar-refractivity contribution in [2.45, 2.75) is 10.9 Å². The highest BCUT2D eigenvalue weighted by Crippen LogP contribution is 2.47. The molecule has 0 saturated carbocycles. The van der Waals surface area contributed by atoms with Gasteiger partial charge in [-0.15, -0.1) is 6.42 Å². The average molecular weight is 301 g/mol. The van der Waals surface area contributed by atoms with Gasteiger partial charge in [0.05, 0.1) is 12.2 Å². The standard InChI is InChI=1S/C14H11N3O3S/c1-2-7-17-9-6-4-3-5-8(9)14(20,12(17)19)10-11(18)16-13(15)21-10/h1,3-6,10,20H,7H2,(H2,15,16,18)/t10-,14-/m1/s1. The Bertz CT molecular complexity index is 724. The predicted octanol–water partition coefficient (Wildman–Crippen LogP) is -0.189. The van der Waals surface area contributed by atoms with E-state index in [0.717, 1.165) is 11.8 Å². The van der Waals surface area contributed by atoms with Gasteiger partial charge in [-0.1, -0.05) is 35.9 Å². The molecule has 7 heteroatoms. The number of carbonyl (C=O) groups is 2. The summed E-state index contributed by atoms with van der Waals surface area (Å²) in [5.41, 5.74) is 4.37. The molecule has 2 atom stereocenters. The topological polar surface area (TPSA) is 96.0 Å². The molecule has 0 bridgehead atoms. The molecule has 0 saturated heterocycles. The molecule has 0 aromatic heterocycles. The Morgan fingerprint density at radius 1 is 1.48 bits per heavy atom. The predicted molar refractivity (Wildman–Crippen MR) is 79.5 cm³/mol. The van der Waals surface area contributed by atoms with Crippen molar-refractivity contribution in [2.75, 3.05) is 11.4 Å². The van der Waals surface area contributed by atoms with E-state index in [1.54, 1.807) is 24.3 Å². The fraction of sp³-hybridized carbons (Fsp3) is 0.214. The van der Waals surface area contributed by atoms with Crippen LogP contribution in [0.5, 0.6) is 0 Å². The van der Waals surface area contributed by atoms with Gasteiger partial charge in [0.15, 0.2) is 10.8 Å². The van der Waals surface area contributed by atoms with Crippen LogP contribution in [0.15, 0.2) is 29.3 Å². The Morgan fingerprint density at radius 3 is 2.81 bits per heavy atom. The van der Waals surface area contributed by atoms with Crippen molar-refractivity contribution in [1.29, 1.82) is 0 Å². The highest BCUT2D eigenvalue weighted by Gasteiger charge is 2.58. The van der Waals surface area contributed by atoms with Gasteiger partial charge < -0.3 is 10.8 Å². The van der Waals surface area contributed by atoms with E-state index in [1.165, 1.54) is 4.90 Å². The highest BCUT2D eigenvalue weighted by molar-refractivity contribution is 8.15. The van der Waals surface area contributed by atoms with Gasteiger partial charge in [-0.3, -0.25) is 14.5 Å². The molecule has 2 heterocycles. The second-order valence-electron chi connectivity index (χ2n) is 4.67. The van der Waals surface area contributed by atoms with Crippen molar-refractivity contribution >= 4 is 34.4 Å². The first-order valence-electron chi connectivity index (χ1n) is 6.12. The number of thioether (sulfide) groups is 1. The molecular formula is C14H11N3O3S. The summed E-state index contributed by atoms with van der Waals surface area (Å²) in [5, 5.41) is 9.92. The number of nitrogens with two attached hydrogens (primary N) is 1. The summed E-state index contributed by atoms with van der Waals surface area (Å²) in [7, 11) is 0. The van der Waals surface area contributed by atoms with Crippen molar-refractivity contribution in [1.82, 2.24) is 0 Å². The maximum absolute atomic E-state index is 12.6. The van der Waals surface area contributed by atoms with E-state index in [2.05, 4.69) is 10.9 Å². The van der Waals surface area contributed by atoms with E-state index in [-0.39, 0.29) is 11.7 Å². The number of amides is 2. The highest BCUT2D eigenvalue weighted by atomic mass is 32.2. The van der Waals surface area contributed by atoms with Gasteiger partial charge in [-0.25, -0.2) is 0 Å². The molecular weight excluding hydrogens is 290 g/mol. The second kappa shape index (κ2) is 4.62. The van der Waals surface area contributed by atoms with Crippen LogP contribution in [-0.4, -0.2) is 33.9 Å². The molecule has 3 rings (SSSR count). The first-order chi connectivity index (χ1) is 10.00. The number of rotatable bonds is 2. The zero-order chi connectivity index (χ0) is 15.2. The third kappa shape index (κ3) is 1.77. The molecule has 1 aromatic carbocycles. The zero-order valence-electron chi connectivity index (χ0n) is 10.8. The molecule has 2 amide bonds. The zero-order valence-corrected chi connectivity index (χ0v) is 11.6.